The summed E-state index contributed by atoms with van der Waals surface area (Å²) in [7, 11) is 0. The van der Waals surface area contributed by atoms with E-state index in [1.54, 1.807) is 0 Å². The summed E-state index contributed by atoms with van der Waals surface area (Å²) in [6.07, 6.45) is 0. The first-order valence-corrected chi connectivity index (χ1v) is 4.81. The molecule has 1 rings (SSSR count). The van der Waals surface area contributed by atoms with Crippen LogP contribution in [-0.2, 0) is 6.54 Å². The van der Waals surface area contributed by atoms with Gasteiger partial charge in [-0.15, -0.1) is 0 Å². The van der Waals surface area contributed by atoms with Gasteiger partial charge in [0.2, 0.25) is 0 Å². The van der Waals surface area contributed by atoms with Crippen molar-refractivity contribution in [1.82, 2.24) is 4.90 Å². The fraction of sp³-hybridized carbons (Fsp3) is 0.364. The van der Waals surface area contributed by atoms with Crippen LogP contribution in [0.5, 0.6) is 0 Å². The zero-order valence-corrected chi connectivity index (χ0v) is 8.53. The van der Waals surface area contributed by atoms with Gasteiger partial charge in [-0.05, 0) is 12.1 Å². The summed E-state index contributed by atoms with van der Waals surface area (Å²) >= 11 is 0. The molecule has 0 radical (unpaired) electrons. The highest BCUT2D eigenvalue weighted by atomic mass is 15.1. The normalized spacial score (nSPS) is 10.4. The number of rotatable bonds is 5. The molecule has 3 heteroatoms. The summed E-state index contributed by atoms with van der Waals surface area (Å²) in [5.41, 5.74) is 6.62. The molecule has 1 aromatic carbocycles. The minimum Gasteiger partial charge on any atom is -0.387 e. The van der Waals surface area contributed by atoms with Crippen LogP contribution in [0.15, 0.2) is 30.3 Å². The molecule has 0 aliphatic rings. The van der Waals surface area contributed by atoms with E-state index in [4.69, 9.17) is 11.1 Å². The summed E-state index contributed by atoms with van der Waals surface area (Å²) in [6.45, 7) is 4.39. The predicted molar refractivity (Wildman–Crippen MR) is 59.3 cm³/mol. The molecule has 14 heavy (non-hydrogen) atoms. The van der Waals surface area contributed by atoms with E-state index in [2.05, 4.69) is 24.0 Å². The Morgan fingerprint density at radius 3 is 2.50 bits per heavy atom. The average Bonchev–Trinajstić information content (AvgIpc) is 2.17. The first-order chi connectivity index (χ1) is 6.72. The van der Waals surface area contributed by atoms with Gasteiger partial charge in [0.15, 0.2) is 0 Å². The largest absolute Gasteiger partial charge is 0.387 e. The maximum absolute atomic E-state index is 7.23. The number of likely N-dealkylation sites (N-methyl/N-ethyl adjacent to an activating group) is 1. The third-order valence-corrected chi connectivity index (χ3v) is 2.09. The molecule has 3 N–H and O–H groups in total. The Morgan fingerprint density at radius 2 is 2.00 bits per heavy atom. The lowest BCUT2D eigenvalue weighted by atomic mass is 10.2. The maximum Gasteiger partial charge on any atom is 0.105 e. The monoisotopic (exact) mass is 191 g/mol. The van der Waals surface area contributed by atoms with Crippen LogP contribution in [-0.4, -0.2) is 23.8 Å². The van der Waals surface area contributed by atoms with E-state index in [1.807, 2.05) is 18.2 Å². The lowest BCUT2D eigenvalue weighted by Crippen LogP contribution is -2.32. The van der Waals surface area contributed by atoms with Gasteiger partial charge < -0.3 is 5.73 Å². The Labute approximate surface area is 85.0 Å². The lowest BCUT2D eigenvalue weighted by molar-refractivity contribution is 0.319. The zero-order valence-electron chi connectivity index (χ0n) is 8.53. The molecule has 0 saturated carbocycles. The highest BCUT2D eigenvalue weighted by Gasteiger charge is 2.03. The summed E-state index contributed by atoms with van der Waals surface area (Å²) in [4.78, 5) is 2.14. The first kappa shape index (κ1) is 10.7. The molecule has 76 valence electrons. The molecule has 0 fully saturated rings. The standard InChI is InChI=1S/C11H17N3/c1-2-14(9-11(12)13)8-10-6-4-3-5-7-10/h3-7H,2,8-9H2,1H3,(H3,12,13). The molecule has 0 amide bonds. The minimum absolute atomic E-state index is 0.225. The second kappa shape index (κ2) is 5.40. The summed E-state index contributed by atoms with van der Waals surface area (Å²) in [5, 5.41) is 7.23. The van der Waals surface area contributed by atoms with Crippen molar-refractivity contribution in [1.29, 1.82) is 5.41 Å². The van der Waals surface area contributed by atoms with E-state index in [-0.39, 0.29) is 5.84 Å². The Bertz CT molecular complexity index is 282. The van der Waals surface area contributed by atoms with Gasteiger partial charge >= 0.3 is 0 Å². The van der Waals surface area contributed by atoms with E-state index in [0.29, 0.717) is 6.54 Å². The second-order valence-electron chi connectivity index (χ2n) is 3.31. The molecular weight excluding hydrogens is 174 g/mol. The highest BCUT2D eigenvalue weighted by molar-refractivity contribution is 5.78. The molecule has 0 aromatic heterocycles. The van der Waals surface area contributed by atoms with Gasteiger partial charge in [-0.2, -0.15) is 0 Å². The molecule has 0 saturated heterocycles. The summed E-state index contributed by atoms with van der Waals surface area (Å²) in [5.74, 6) is 0.225. The zero-order chi connectivity index (χ0) is 10.4. The quantitative estimate of drug-likeness (QED) is 0.546. The SMILES string of the molecule is CCN(CC(=N)N)Cc1ccccc1. The first-order valence-electron chi connectivity index (χ1n) is 4.81. The van der Waals surface area contributed by atoms with Gasteiger partial charge in [0.25, 0.3) is 0 Å². The molecule has 0 heterocycles. The fourth-order valence-corrected chi connectivity index (χ4v) is 1.36. The van der Waals surface area contributed by atoms with Crippen LogP contribution in [0.25, 0.3) is 0 Å². The van der Waals surface area contributed by atoms with Crippen molar-refractivity contribution in [3.63, 3.8) is 0 Å². The minimum atomic E-state index is 0.225. The number of nitrogens with two attached hydrogens (primary N) is 1. The molecule has 0 bridgehead atoms. The number of amidine groups is 1. The van der Waals surface area contributed by atoms with Crippen LogP contribution in [0, 0.1) is 5.41 Å². The Balaban J connectivity index is 2.53. The van der Waals surface area contributed by atoms with E-state index in [1.165, 1.54) is 5.56 Å². The van der Waals surface area contributed by atoms with Crippen molar-refractivity contribution in [3.8, 4) is 0 Å². The smallest absolute Gasteiger partial charge is 0.105 e. The third-order valence-electron chi connectivity index (χ3n) is 2.09. The molecule has 0 atom stereocenters. The van der Waals surface area contributed by atoms with Crippen molar-refractivity contribution in [2.24, 2.45) is 5.73 Å². The van der Waals surface area contributed by atoms with Gasteiger partial charge in [-0.1, -0.05) is 37.3 Å². The van der Waals surface area contributed by atoms with Gasteiger partial charge in [0, 0.05) is 6.54 Å². The number of hydrogen-bond acceptors (Lipinski definition) is 2. The fourth-order valence-electron chi connectivity index (χ4n) is 1.36. The Morgan fingerprint density at radius 1 is 1.36 bits per heavy atom. The number of nitrogens with one attached hydrogen (secondary N) is 1. The highest BCUT2D eigenvalue weighted by Crippen LogP contribution is 2.03. The van der Waals surface area contributed by atoms with Crippen molar-refractivity contribution >= 4 is 5.84 Å². The maximum atomic E-state index is 7.23. The molecular formula is C11H17N3. The summed E-state index contributed by atoms with van der Waals surface area (Å²) < 4.78 is 0. The van der Waals surface area contributed by atoms with Crippen molar-refractivity contribution in [2.75, 3.05) is 13.1 Å². The lowest BCUT2D eigenvalue weighted by Gasteiger charge is -2.19. The molecule has 0 aliphatic carbocycles. The summed E-state index contributed by atoms with van der Waals surface area (Å²) in [6, 6.07) is 10.2. The third kappa shape index (κ3) is 3.58. The van der Waals surface area contributed by atoms with E-state index < -0.39 is 0 Å². The van der Waals surface area contributed by atoms with Gasteiger partial charge in [-0.25, -0.2) is 0 Å². The van der Waals surface area contributed by atoms with Crippen LogP contribution in [0.2, 0.25) is 0 Å². The average molecular weight is 191 g/mol. The molecule has 0 unspecified atom stereocenters. The Kier molecular flexibility index (Phi) is 4.13. The van der Waals surface area contributed by atoms with Crippen LogP contribution in [0.4, 0.5) is 0 Å². The van der Waals surface area contributed by atoms with Gasteiger partial charge in [0.1, 0.15) is 5.84 Å². The predicted octanol–water partition coefficient (Wildman–Crippen LogP) is 1.44. The van der Waals surface area contributed by atoms with E-state index in [0.717, 1.165) is 13.1 Å². The second-order valence-corrected chi connectivity index (χ2v) is 3.31. The molecule has 1 aromatic rings. The van der Waals surface area contributed by atoms with Crippen LogP contribution < -0.4 is 5.73 Å². The topological polar surface area (TPSA) is 53.1 Å². The Hall–Kier alpha value is -1.35. The number of hydrogen-bond donors (Lipinski definition) is 2. The number of nitrogens with zero attached hydrogens (tertiary/aromatic N) is 1. The van der Waals surface area contributed by atoms with Crippen molar-refractivity contribution < 1.29 is 0 Å². The van der Waals surface area contributed by atoms with E-state index in [9.17, 15) is 0 Å². The van der Waals surface area contributed by atoms with Crippen molar-refractivity contribution in [2.45, 2.75) is 13.5 Å². The van der Waals surface area contributed by atoms with Crippen LogP contribution in [0.1, 0.15) is 12.5 Å². The molecule has 3 nitrogen and oxygen atoms in total. The number of benzene rings is 1. The van der Waals surface area contributed by atoms with Gasteiger partial charge in [0.05, 0.1) is 6.54 Å². The van der Waals surface area contributed by atoms with Crippen LogP contribution >= 0.6 is 0 Å². The van der Waals surface area contributed by atoms with Crippen molar-refractivity contribution in [3.05, 3.63) is 35.9 Å². The van der Waals surface area contributed by atoms with Gasteiger partial charge in [-0.3, -0.25) is 10.3 Å². The van der Waals surface area contributed by atoms with Crippen LogP contribution in [0.3, 0.4) is 0 Å². The van der Waals surface area contributed by atoms with E-state index >= 15 is 0 Å². The molecule has 0 aliphatic heterocycles. The molecule has 0 spiro atoms.